The second-order valence-corrected chi connectivity index (χ2v) is 4.44. The van der Waals surface area contributed by atoms with E-state index in [1.807, 2.05) is 0 Å². The zero-order chi connectivity index (χ0) is 10.8. The highest BCUT2D eigenvalue weighted by atomic mass is 33.1. The first kappa shape index (κ1) is 12.5. The average Bonchev–Trinajstić information content (AvgIpc) is 2.07. The summed E-state index contributed by atoms with van der Waals surface area (Å²) in [6.07, 6.45) is -4.71. The van der Waals surface area contributed by atoms with Crippen LogP contribution >= 0.6 is 22.6 Å². The number of hydrogen-bond acceptors (Lipinski definition) is 4. The highest BCUT2D eigenvalue weighted by Gasteiger charge is 2.55. The summed E-state index contributed by atoms with van der Waals surface area (Å²) >= 11 is 3.68. The molecule has 0 bridgehead atoms. The lowest BCUT2D eigenvalue weighted by Gasteiger charge is -2.39. The summed E-state index contributed by atoms with van der Waals surface area (Å²) in [6.45, 7) is 0. The molecule has 0 saturated heterocycles. The van der Waals surface area contributed by atoms with Gasteiger partial charge < -0.3 is 5.11 Å². The third-order valence-electron chi connectivity index (χ3n) is 2.59. The Hall–Kier alpha value is 0.410. The molecule has 7 heteroatoms. The van der Waals surface area contributed by atoms with Crippen molar-refractivity contribution in [3.05, 3.63) is 0 Å². The minimum absolute atomic E-state index is 0.0920. The molecule has 0 spiro atoms. The van der Waals surface area contributed by atoms with Crippen molar-refractivity contribution < 1.29 is 18.3 Å². The third kappa shape index (κ3) is 2.50. The topological polar surface area (TPSA) is 32.3 Å². The second-order valence-electron chi connectivity index (χ2n) is 3.50. The largest absolute Gasteiger partial charge is 0.407 e. The molecule has 0 aliphatic heterocycles. The standard InChI is InChI=1S/C7H12F3NOS2/c8-7(9,10)6(11-14-13)3-1-5(12)2-4-6/h5,11-13H,1-4H2. The number of aliphatic hydroxyl groups excluding tert-OH is 1. The van der Waals surface area contributed by atoms with Gasteiger partial charge in [0.15, 0.2) is 0 Å². The third-order valence-corrected chi connectivity index (χ3v) is 3.35. The molecule has 0 unspecified atom stereocenters. The average molecular weight is 247 g/mol. The first-order valence-corrected chi connectivity index (χ1v) is 6.10. The Morgan fingerprint density at radius 1 is 1.36 bits per heavy atom. The van der Waals surface area contributed by atoms with Crippen molar-refractivity contribution in [1.82, 2.24) is 4.72 Å². The molecule has 0 radical (unpaired) electrons. The molecule has 0 atom stereocenters. The summed E-state index contributed by atoms with van der Waals surface area (Å²) in [6, 6.07) is 0. The van der Waals surface area contributed by atoms with Crippen LogP contribution in [0.1, 0.15) is 25.7 Å². The minimum Gasteiger partial charge on any atom is -0.393 e. The van der Waals surface area contributed by atoms with Gasteiger partial charge in [0.2, 0.25) is 0 Å². The lowest BCUT2D eigenvalue weighted by atomic mass is 9.81. The maximum atomic E-state index is 12.7. The van der Waals surface area contributed by atoms with Crippen LogP contribution < -0.4 is 4.72 Å². The second kappa shape index (κ2) is 4.51. The number of rotatable bonds is 2. The minimum atomic E-state index is -4.29. The van der Waals surface area contributed by atoms with Gasteiger partial charge in [0.05, 0.1) is 6.10 Å². The molecule has 84 valence electrons. The zero-order valence-electron chi connectivity index (χ0n) is 7.34. The summed E-state index contributed by atoms with van der Waals surface area (Å²) in [5.41, 5.74) is -1.88. The van der Waals surface area contributed by atoms with Gasteiger partial charge in [-0.25, -0.2) is 4.72 Å². The zero-order valence-corrected chi connectivity index (χ0v) is 9.05. The Bertz CT molecular complexity index is 192. The van der Waals surface area contributed by atoms with Crippen molar-refractivity contribution in [2.45, 2.75) is 43.5 Å². The van der Waals surface area contributed by atoms with Gasteiger partial charge in [-0.15, -0.1) is 0 Å². The van der Waals surface area contributed by atoms with Crippen LogP contribution in [0.4, 0.5) is 13.2 Å². The molecule has 0 amide bonds. The smallest absolute Gasteiger partial charge is 0.393 e. The van der Waals surface area contributed by atoms with Gasteiger partial charge in [-0.2, -0.15) is 13.2 Å². The first-order chi connectivity index (χ1) is 6.41. The molecule has 2 nitrogen and oxygen atoms in total. The molecule has 0 aromatic rings. The fourth-order valence-electron chi connectivity index (χ4n) is 1.63. The van der Waals surface area contributed by atoms with Gasteiger partial charge in [0.25, 0.3) is 0 Å². The predicted molar refractivity (Wildman–Crippen MR) is 53.0 cm³/mol. The Morgan fingerprint density at radius 2 is 1.86 bits per heavy atom. The lowest BCUT2D eigenvalue weighted by Crippen LogP contribution is -2.56. The summed E-state index contributed by atoms with van der Waals surface area (Å²) in [4.78, 5) is 0. The normalized spacial score (nSPS) is 34.5. The Morgan fingerprint density at radius 3 is 2.21 bits per heavy atom. The molecule has 1 aliphatic rings. The molecule has 1 fully saturated rings. The van der Waals surface area contributed by atoms with E-state index in [2.05, 4.69) is 16.4 Å². The number of halogens is 3. The van der Waals surface area contributed by atoms with E-state index in [9.17, 15) is 13.2 Å². The van der Waals surface area contributed by atoms with Crippen LogP contribution in [0, 0.1) is 0 Å². The fourth-order valence-corrected chi connectivity index (χ4v) is 2.64. The molecule has 0 aromatic carbocycles. The van der Waals surface area contributed by atoms with Crippen molar-refractivity contribution >= 4 is 22.6 Å². The lowest BCUT2D eigenvalue weighted by molar-refractivity contribution is -0.202. The Balaban J connectivity index is 2.73. The van der Waals surface area contributed by atoms with Gasteiger partial charge in [-0.3, -0.25) is 0 Å². The predicted octanol–water partition coefficient (Wildman–Crippen LogP) is 2.30. The van der Waals surface area contributed by atoms with Crippen LogP contribution in [0.15, 0.2) is 0 Å². The number of thiol groups is 1. The van der Waals surface area contributed by atoms with Crippen LogP contribution in [0.3, 0.4) is 0 Å². The van der Waals surface area contributed by atoms with Crippen molar-refractivity contribution in [1.29, 1.82) is 0 Å². The van der Waals surface area contributed by atoms with Gasteiger partial charge in [0, 0.05) is 0 Å². The monoisotopic (exact) mass is 247 g/mol. The van der Waals surface area contributed by atoms with E-state index in [-0.39, 0.29) is 25.7 Å². The first-order valence-electron chi connectivity index (χ1n) is 4.24. The summed E-state index contributed by atoms with van der Waals surface area (Å²) in [5, 5.41) is 9.15. The van der Waals surface area contributed by atoms with E-state index in [0.717, 1.165) is 0 Å². The van der Waals surface area contributed by atoms with Crippen LogP contribution in [0.5, 0.6) is 0 Å². The maximum absolute atomic E-state index is 12.7. The van der Waals surface area contributed by atoms with Gasteiger partial charge >= 0.3 is 6.18 Å². The van der Waals surface area contributed by atoms with Crippen molar-refractivity contribution in [3.63, 3.8) is 0 Å². The van der Waals surface area contributed by atoms with Crippen molar-refractivity contribution in [2.75, 3.05) is 0 Å². The van der Waals surface area contributed by atoms with Gasteiger partial charge in [-0.05, 0) is 36.7 Å². The van der Waals surface area contributed by atoms with E-state index < -0.39 is 17.8 Å². The molecule has 2 N–H and O–H groups in total. The van der Waals surface area contributed by atoms with Crippen LogP contribution in [0.25, 0.3) is 0 Å². The summed E-state index contributed by atoms with van der Waals surface area (Å²) < 4.78 is 40.5. The molecule has 1 rings (SSSR count). The number of nitrogens with one attached hydrogen (secondary N) is 1. The number of hydrogen-bond donors (Lipinski definition) is 3. The Labute approximate surface area is 89.6 Å². The highest BCUT2D eigenvalue weighted by Crippen LogP contribution is 2.42. The van der Waals surface area contributed by atoms with E-state index in [4.69, 9.17) is 5.11 Å². The fraction of sp³-hybridized carbons (Fsp3) is 1.00. The van der Waals surface area contributed by atoms with E-state index in [0.29, 0.717) is 11.0 Å². The molecular weight excluding hydrogens is 235 g/mol. The summed E-state index contributed by atoms with van der Waals surface area (Å²) in [5.74, 6) is 0. The molecule has 1 aliphatic carbocycles. The van der Waals surface area contributed by atoms with Crippen LogP contribution in [-0.2, 0) is 0 Å². The van der Waals surface area contributed by atoms with Gasteiger partial charge in [0.1, 0.15) is 5.54 Å². The molecule has 0 aromatic heterocycles. The molecule has 0 heterocycles. The number of alkyl halides is 3. The summed E-state index contributed by atoms with van der Waals surface area (Å²) in [7, 11) is 0.678. The van der Waals surface area contributed by atoms with E-state index in [1.54, 1.807) is 0 Å². The highest BCUT2D eigenvalue weighted by molar-refractivity contribution is 8.67. The molecular formula is C7H12F3NOS2. The molecule has 1 saturated carbocycles. The van der Waals surface area contributed by atoms with E-state index in [1.165, 1.54) is 0 Å². The van der Waals surface area contributed by atoms with Gasteiger partial charge in [-0.1, -0.05) is 11.7 Å². The Kier molecular flexibility index (Phi) is 4.02. The SMILES string of the molecule is OC1CCC(NSS)(C(F)(F)F)CC1. The number of aliphatic hydroxyl groups is 1. The van der Waals surface area contributed by atoms with Crippen LogP contribution in [0.2, 0.25) is 0 Å². The maximum Gasteiger partial charge on any atom is 0.407 e. The van der Waals surface area contributed by atoms with Crippen molar-refractivity contribution in [2.24, 2.45) is 0 Å². The quantitative estimate of drug-likeness (QED) is 0.398. The van der Waals surface area contributed by atoms with Crippen LogP contribution in [-0.4, -0.2) is 22.9 Å². The molecule has 14 heavy (non-hydrogen) atoms. The van der Waals surface area contributed by atoms with Crippen molar-refractivity contribution in [3.8, 4) is 0 Å². The van der Waals surface area contributed by atoms with E-state index >= 15 is 0 Å².